The normalized spacial score (nSPS) is 17.3. The lowest BCUT2D eigenvalue weighted by molar-refractivity contribution is 0.0772. The topological polar surface area (TPSA) is 55.6 Å². The fourth-order valence-electron chi connectivity index (χ4n) is 2.69. The van der Waals surface area contributed by atoms with Crippen molar-refractivity contribution in [3.63, 3.8) is 0 Å². The van der Waals surface area contributed by atoms with Crippen molar-refractivity contribution in [1.82, 2.24) is 4.90 Å². The zero-order valence-electron chi connectivity index (χ0n) is 12.7. The fraction of sp³-hybridized carbons (Fsp3) is 0.278. The standard InChI is InChI=1S/C18H19ClN2O2/c19-16-3-1-2-4-17(16)23-15-9-10-21(12-15)18(22)14-7-5-13(11-20)6-8-14/h1-8,15H,9-12,20H2/t15-/m1/s1. The molecule has 0 bridgehead atoms. The third-order valence-electron chi connectivity index (χ3n) is 4.00. The second kappa shape index (κ2) is 7.02. The van der Waals surface area contributed by atoms with Crippen molar-refractivity contribution < 1.29 is 9.53 Å². The van der Waals surface area contributed by atoms with Crippen LogP contribution in [0.3, 0.4) is 0 Å². The summed E-state index contributed by atoms with van der Waals surface area (Å²) in [7, 11) is 0. The Morgan fingerprint density at radius 3 is 2.65 bits per heavy atom. The molecule has 1 saturated heterocycles. The van der Waals surface area contributed by atoms with E-state index in [9.17, 15) is 4.79 Å². The summed E-state index contributed by atoms with van der Waals surface area (Å²) in [5, 5.41) is 0.592. The van der Waals surface area contributed by atoms with Crippen molar-refractivity contribution in [1.29, 1.82) is 0 Å². The average molecular weight is 331 g/mol. The molecule has 1 atom stereocenters. The van der Waals surface area contributed by atoms with Crippen LogP contribution in [0, 0.1) is 0 Å². The second-order valence-electron chi connectivity index (χ2n) is 5.61. The summed E-state index contributed by atoms with van der Waals surface area (Å²) in [6.07, 6.45) is 0.778. The molecule has 1 heterocycles. The summed E-state index contributed by atoms with van der Waals surface area (Å²) in [4.78, 5) is 14.3. The van der Waals surface area contributed by atoms with Crippen LogP contribution in [0.4, 0.5) is 0 Å². The van der Waals surface area contributed by atoms with Crippen LogP contribution in [0.25, 0.3) is 0 Å². The lowest BCUT2D eigenvalue weighted by Crippen LogP contribution is -2.31. The van der Waals surface area contributed by atoms with Gasteiger partial charge in [0.1, 0.15) is 11.9 Å². The minimum Gasteiger partial charge on any atom is -0.487 e. The van der Waals surface area contributed by atoms with Crippen molar-refractivity contribution in [2.75, 3.05) is 13.1 Å². The first-order valence-electron chi connectivity index (χ1n) is 7.67. The highest BCUT2D eigenvalue weighted by molar-refractivity contribution is 6.32. The Kier molecular flexibility index (Phi) is 4.84. The lowest BCUT2D eigenvalue weighted by atomic mass is 10.1. The van der Waals surface area contributed by atoms with E-state index < -0.39 is 0 Å². The third-order valence-corrected chi connectivity index (χ3v) is 4.31. The molecule has 0 aromatic heterocycles. The molecule has 0 saturated carbocycles. The molecule has 1 aliphatic rings. The van der Waals surface area contributed by atoms with E-state index in [0.29, 0.717) is 36.0 Å². The molecule has 2 aromatic rings. The van der Waals surface area contributed by atoms with Crippen LogP contribution in [0.2, 0.25) is 5.02 Å². The SMILES string of the molecule is NCc1ccc(C(=O)N2CC[C@@H](Oc3ccccc3Cl)C2)cc1. The number of hydrogen-bond donors (Lipinski definition) is 1. The smallest absolute Gasteiger partial charge is 0.253 e. The van der Waals surface area contributed by atoms with E-state index in [1.165, 1.54) is 0 Å². The van der Waals surface area contributed by atoms with E-state index >= 15 is 0 Å². The number of likely N-dealkylation sites (tertiary alicyclic amines) is 1. The van der Waals surface area contributed by atoms with E-state index in [4.69, 9.17) is 22.1 Å². The molecular weight excluding hydrogens is 312 g/mol. The van der Waals surface area contributed by atoms with E-state index in [1.807, 2.05) is 47.4 Å². The molecule has 0 unspecified atom stereocenters. The van der Waals surface area contributed by atoms with Gasteiger partial charge in [-0.3, -0.25) is 4.79 Å². The summed E-state index contributed by atoms with van der Waals surface area (Å²) in [6.45, 7) is 1.74. The third kappa shape index (κ3) is 3.66. The highest BCUT2D eigenvalue weighted by Crippen LogP contribution is 2.26. The lowest BCUT2D eigenvalue weighted by Gasteiger charge is -2.18. The van der Waals surface area contributed by atoms with Crippen LogP contribution in [0.5, 0.6) is 5.75 Å². The number of nitrogens with zero attached hydrogens (tertiary/aromatic N) is 1. The number of benzene rings is 2. The van der Waals surface area contributed by atoms with Gasteiger partial charge in [0, 0.05) is 25.1 Å². The number of rotatable bonds is 4. The number of carbonyl (C=O) groups is 1. The van der Waals surface area contributed by atoms with Gasteiger partial charge in [0.2, 0.25) is 0 Å². The number of halogens is 1. The highest BCUT2D eigenvalue weighted by atomic mass is 35.5. The number of para-hydroxylation sites is 1. The van der Waals surface area contributed by atoms with Crippen LogP contribution >= 0.6 is 11.6 Å². The molecule has 2 aromatic carbocycles. The molecule has 120 valence electrons. The van der Waals surface area contributed by atoms with Crippen molar-refractivity contribution in [3.05, 3.63) is 64.7 Å². The first-order chi connectivity index (χ1) is 11.2. The first-order valence-corrected chi connectivity index (χ1v) is 8.04. The molecule has 1 amide bonds. The van der Waals surface area contributed by atoms with Crippen molar-refractivity contribution in [2.45, 2.75) is 19.1 Å². The summed E-state index contributed by atoms with van der Waals surface area (Å²) in [5.74, 6) is 0.694. The largest absolute Gasteiger partial charge is 0.487 e. The average Bonchev–Trinajstić information content (AvgIpc) is 3.05. The molecule has 5 heteroatoms. The second-order valence-corrected chi connectivity index (χ2v) is 6.02. The van der Waals surface area contributed by atoms with Gasteiger partial charge in [0.05, 0.1) is 11.6 Å². The van der Waals surface area contributed by atoms with Gasteiger partial charge in [-0.05, 0) is 29.8 Å². The molecule has 4 nitrogen and oxygen atoms in total. The van der Waals surface area contributed by atoms with Crippen molar-refractivity contribution in [3.8, 4) is 5.75 Å². The van der Waals surface area contributed by atoms with Crippen LogP contribution in [-0.2, 0) is 6.54 Å². The molecule has 0 radical (unpaired) electrons. The molecule has 1 fully saturated rings. The Bertz CT molecular complexity index is 688. The monoisotopic (exact) mass is 330 g/mol. The molecule has 0 aliphatic carbocycles. The fourth-order valence-corrected chi connectivity index (χ4v) is 2.87. The Balaban J connectivity index is 1.62. The molecule has 2 N–H and O–H groups in total. The van der Waals surface area contributed by atoms with Crippen LogP contribution in [0.15, 0.2) is 48.5 Å². The van der Waals surface area contributed by atoms with E-state index in [1.54, 1.807) is 6.07 Å². The highest BCUT2D eigenvalue weighted by Gasteiger charge is 2.28. The van der Waals surface area contributed by atoms with Gasteiger partial charge >= 0.3 is 0 Å². The number of amides is 1. The van der Waals surface area contributed by atoms with Crippen molar-refractivity contribution in [2.24, 2.45) is 5.73 Å². The Labute approximate surface area is 140 Å². The van der Waals surface area contributed by atoms with Crippen LogP contribution in [0.1, 0.15) is 22.3 Å². The van der Waals surface area contributed by atoms with Gasteiger partial charge < -0.3 is 15.4 Å². The molecule has 0 spiro atoms. The van der Waals surface area contributed by atoms with Gasteiger partial charge in [0.25, 0.3) is 5.91 Å². The molecule has 1 aliphatic heterocycles. The van der Waals surface area contributed by atoms with Crippen LogP contribution < -0.4 is 10.5 Å². The number of nitrogens with two attached hydrogens (primary N) is 1. The summed E-state index contributed by atoms with van der Waals surface area (Å²) >= 11 is 6.11. The summed E-state index contributed by atoms with van der Waals surface area (Å²) < 4.78 is 5.92. The number of hydrogen-bond acceptors (Lipinski definition) is 3. The van der Waals surface area contributed by atoms with E-state index in [2.05, 4.69) is 0 Å². The van der Waals surface area contributed by atoms with Gasteiger partial charge in [-0.2, -0.15) is 0 Å². The number of ether oxygens (including phenoxy) is 1. The first kappa shape index (κ1) is 15.8. The van der Waals surface area contributed by atoms with Gasteiger partial charge in [-0.15, -0.1) is 0 Å². The van der Waals surface area contributed by atoms with E-state index in [-0.39, 0.29) is 12.0 Å². The number of carbonyl (C=O) groups excluding carboxylic acids is 1. The molecule has 3 rings (SSSR count). The minimum absolute atomic E-state index is 0.0258. The Morgan fingerprint density at radius 1 is 1.22 bits per heavy atom. The summed E-state index contributed by atoms with van der Waals surface area (Å²) in [5.41, 5.74) is 7.28. The van der Waals surface area contributed by atoms with Crippen LogP contribution in [-0.4, -0.2) is 30.0 Å². The predicted octanol–water partition coefficient (Wildman–Crippen LogP) is 3.09. The maximum absolute atomic E-state index is 12.5. The van der Waals surface area contributed by atoms with Gasteiger partial charge in [-0.1, -0.05) is 35.9 Å². The van der Waals surface area contributed by atoms with Gasteiger partial charge in [-0.25, -0.2) is 0 Å². The molecule has 23 heavy (non-hydrogen) atoms. The summed E-state index contributed by atoms with van der Waals surface area (Å²) in [6, 6.07) is 14.8. The predicted molar refractivity (Wildman–Crippen MR) is 90.7 cm³/mol. The Morgan fingerprint density at radius 2 is 1.96 bits per heavy atom. The van der Waals surface area contributed by atoms with E-state index in [0.717, 1.165) is 12.0 Å². The van der Waals surface area contributed by atoms with Crippen molar-refractivity contribution >= 4 is 17.5 Å². The maximum atomic E-state index is 12.5. The Hall–Kier alpha value is -2.04. The quantitative estimate of drug-likeness (QED) is 0.937. The molecular formula is C18H19ClN2O2. The minimum atomic E-state index is -0.0258. The maximum Gasteiger partial charge on any atom is 0.253 e. The van der Waals surface area contributed by atoms with Gasteiger partial charge in [0.15, 0.2) is 0 Å². The zero-order chi connectivity index (χ0) is 16.2. The zero-order valence-corrected chi connectivity index (χ0v) is 13.5.